The summed E-state index contributed by atoms with van der Waals surface area (Å²) in [5, 5.41) is 2.49. The van der Waals surface area contributed by atoms with Crippen LogP contribution in [0.5, 0.6) is 5.75 Å². The predicted octanol–water partition coefficient (Wildman–Crippen LogP) is 4.07. The van der Waals surface area contributed by atoms with Crippen molar-refractivity contribution in [1.29, 1.82) is 0 Å². The molecule has 26 heavy (non-hydrogen) atoms. The average Bonchev–Trinajstić information content (AvgIpc) is 2.62. The van der Waals surface area contributed by atoms with Crippen molar-refractivity contribution in [3.05, 3.63) is 64.9 Å². The third-order valence-electron chi connectivity index (χ3n) is 3.15. The maximum Gasteiger partial charge on any atom is 0.331 e. The van der Waals surface area contributed by atoms with E-state index < -0.39 is 24.3 Å². The van der Waals surface area contributed by atoms with Gasteiger partial charge in [-0.15, -0.1) is 0 Å². The summed E-state index contributed by atoms with van der Waals surface area (Å²) in [6.07, 6.45) is 2.78. The standard InChI is InChI=1S/C19H17ClFNO4/c1-2-25-15-7-3-13(4-8-15)5-10-19(24)26-12-18(23)22-17-9-6-14(21)11-16(17)20/h3-11H,2,12H2,1H3,(H,22,23)/b10-5+. The summed E-state index contributed by atoms with van der Waals surface area (Å²) < 4.78 is 23.1. The lowest BCUT2D eigenvalue weighted by Gasteiger charge is -2.07. The van der Waals surface area contributed by atoms with Crippen LogP contribution in [0, 0.1) is 5.82 Å². The van der Waals surface area contributed by atoms with E-state index in [9.17, 15) is 14.0 Å². The zero-order chi connectivity index (χ0) is 18.9. The summed E-state index contributed by atoms with van der Waals surface area (Å²) in [4.78, 5) is 23.4. The first-order valence-corrected chi connectivity index (χ1v) is 8.18. The van der Waals surface area contributed by atoms with Gasteiger partial charge >= 0.3 is 5.97 Å². The minimum Gasteiger partial charge on any atom is -0.494 e. The molecule has 136 valence electrons. The van der Waals surface area contributed by atoms with Gasteiger partial charge in [-0.25, -0.2) is 9.18 Å². The van der Waals surface area contributed by atoms with Crippen LogP contribution in [0.15, 0.2) is 48.5 Å². The summed E-state index contributed by atoms with van der Waals surface area (Å²) in [5.41, 5.74) is 1.02. The van der Waals surface area contributed by atoms with Crippen molar-refractivity contribution in [2.75, 3.05) is 18.5 Å². The van der Waals surface area contributed by atoms with Gasteiger partial charge in [0, 0.05) is 6.08 Å². The summed E-state index contributed by atoms with van der Waals surface area (Å²) in [5.74, 6) is -1.03. The van der Waals surface area contributed by atoms with Crippen molar-refractivity contribution < 1.29 is 23.5 Å². The van der Waals surface area contributed by atoms with Crippen molar-refractivity contribution in [2.24, 2.45) is 0 Å². The van der Waals surface area contributed by atoms with E-state index in [0.717, 1.165) is 23.4 Å². The number of esters is 1. The number of carbonyl (C=O) groups is 2. The summed E-state index contributed by atoms with van der Waals surface area (Å²) >= 11 is 5.80. The maximum atomic E-state index is 12.9. The highest BCUT2D eigenvalue weighted by molar-refractivity contribution is 6.33. The quantitative estimate of drug-likeness (QED) is 0.583. The van der Waals surface area contributed by atoms with Gasteiger partial charge in [0.1, 0.15) is 11.6 Å². The molecule has 1 amide bonds. The van der Waals surface area contributed by atoms with Crippen LogP contribution in [-0.4, -0.2) is 25.1 Å². The molecule has 0 saturated heterocycles. The van der Waals surface area contributed by atoms with Crippen LogP contribution in [0.4, 0.5) is 10.1 Å². The Bertz CT molecular complexity index is 806. The van der Waals surface area contributed by atoms with E-state index in [4.69, 9.17) is 21.1 Å². The number of anilines is 1. The molecule has 0 atom stereocenters. The number of ether oxygens (including phenoxy) is 2. The van der Waals surface area contributed by atoms with E-state index in [1.54, 1.807) is 30.3 Å². The van der Waals surface area contributed by atoms with E-state index in [1.807, 2.05) is 6.92 Å². The molecule has 2 aromatic carbocycles. The number of benzene rings is 2. The molecule has 0 spiro atoms. The van der Waals surface area contributed by atoms with Crippen LogP contribution < -0.4 is 10.1 Å². The van der Waals surface area contributed by atoms with Crippen molar-refractivity contribution in [3.8, 4) is 5.75 Å². The van der Waals surface area contributed by atoms with Crippen molar-refractivity contribution in [1.82, 2.24) is 0 Å². The molecule has 2 rings (SSSR count). The Labute approximate surface area is 155 Å². The minimum atomic E-state index is -0.667. The van der Waals surface area contributed by atoms with Gasteiger partial charge < -0.3 is 14.8 Å². The molecule has 5 nitrogen and oxygen atoms in total. The van der Waals surface area contributed by atoms with Crippen molar-refractivity contribution in [2.45, 2.75) is 6.92 Å². The SMILES string of the molecule is CCOc1ccc(/C=C/C(=O)OCC(=O)Nc2ccc(F)cc2Cl)cc1. The molecule has 2 aromatic rings. The molecule has 0 aromatic heterocycles. The summed E-state index contributed by atoms with van der Waals surface area (Å²) in [6, 6.07) is 10.7. The molecular formula is C19H17ClFNO4. The molecule has 0 saturated carbocycles. The van der Waals surface area contributed by atoms with Gasteiger partial charge in [0.2, 0.25) is 0 Å². The number of hydrogen-bond acceptors (Lipinski definition) is 4. The lowest BCUT2D eigenvalue weighted by molar-refractivity contribution is -0.142. The normalized spacial score (nSPS) is 10.6. The van der Waals surface area contributed by atoms with Crippen LogP contribution in [0.2, 0.25) is 5.02 Å². The Morgan fingerprint density at radius 3 is 2.58 bits per heavy atom. The minimum absolute atomic E-state index is 0.0556. The molecule has 0 radical (unpaired) electrons. The van der Waals surface area contributed by atoms with E-state index >= 15 is 0 Å². The van der Waals surface area contributed by atoms with E-state index in [-0.39, 0.29) is 10.7 Å². The lowest BCUT2D eigenvalue weighted by Crippen LogP contribution is -2.20. The highest BCUT2D eigenvalue weighted by Crippen LogP contribution is 2.22. The molecule has 1 N–H and O–H groups in total. The fourth-order valence-electron chi connectivity index (χ4n) is 1.97. The Morgan fingerprint density at radius 2 is 1.92 bits per heavy atom. The molecule has 0 aliphatic carbocycles. The molecular weight excluding hydrogens is 361 g/mol. The van der Waals surface area contributed by atoms with Gasteiger partial charge in [-0.2, -0.15) is 0 Å². The van der Waals surface area contributed by atoms with Gasteiger partial charge in [-0.05, 0) is 48.9 Å². The van der Waals surface area contributed by atoms with Gasteiger partial charge in [0.05, 0.1) is 17.3 Å². The molecule has 0 fully saturated rings. The summed E-state index contributed by atoms with van der Waals surface area (Å²) in [6.45, 7) is 1.98. The number of amides is 1. The number of nitrogens with one attached hydrogen (secondary N) is 1. The van der Waals surface area contributed by atoms with Gasteiger partial charge in [0.15, 0.2) is 6.61 Å². The second-order valence-corrected chi connectivity index (χ2v) is 5.52. The smallest absolute Gasteiger partial charge is 0.331 e. The first-order valence-electron chi connectivity index (χ1n) is 7.80. The third-order valence-corrected chi connectivity index (χ3v) is 3.47. The Kier molecular flexibility index (Phi) is 7.17. The maximum absolute atomic E-state index is 12.9. The van der Waals surface area contributed by atoms with E-state index in [2.05, 4.69) is 5.32 Å². The fraction of sp³-hybridized carbons (Fsp3) is 0.158. The zero-order valence-electron chi connectivity index (χ0n) is 14.0. The van der Waals surface area contributed by atoms with Crippen LogP contribution in [0.1, 0.15) is 12.5 Å². The Balaban J connectivity index is 1.81. The number of rotatable bonds is 7. The van der Waals surface area contributed by atoms with E-state index in [0.29, 0.717) is 6.61 Å². The predicted molar refractivity (Wildman–Crippen MR) is 97.6 cm³/mol. The van der Waals surface area contributed by atoms with Crippen LogP contribution in [0.3, 0.4) is 0 Å². The fourth-order valence-corrected chi connectivity index (χ4v) is 2.18. The van der Waals surface area contributed by atoms with Gasteiger partial charge in [-0.3, -0.25) is 4.79 Å². The van der Waals surface area contributed by atoms with E-state index in [1.165, 1.54) is 12.1 Å². The first kappa shape index (κ1) is 19.5. The number of hydrogen-bond donors (Lipinski definition) is 1. The number of halogens is 2. The highest BCUT2D eigenvalue weighted by atomic mass is 35.5. The van der Waals surface area contributed by atoms with Gasteiger partial charge in [0.25, 0.3) is 5.91 Å². The molecule has 0 heterocycles. The van der Waals surface area contributed by atoms with Crippen LogP contribution >= 0.6 is 11.6 Å². The monoisotopic (exact) mass is 377 g/mol. The largest absolute Gasteiger partial charge is 0.494 e. The second kappa shape index (κ2) is 9.58. The third kappa shape index (κ3) is 6.22. The zero-order valence-corrected chi connectivity index (χ0v) is 14.8. The summed E-state index contributed by atoms with van der Waals surface area (Å²) in [7, 11) is 0. The molecule has 0 unspecified atom stereocenters. The Morgan fingerprint density at radius 1 is 1.19 bits per heavy atom. The Hall–Kier alpha value is -2.86. The highest BCUT2D eigenvalue weighted by Gasteiger charge is 2.08. The number of carbonyl (C=O) groups excluding carboxylic acids is 2. The topological polar surface area (TPSA) is 64.6 Å². The molecule has 0 bridgehead atoms. The first-order chi connectivity index (χ1) is 12.5. The molecule has 7 heteroatoms. The lowest BCUT2D eigenvalue weighted by atomic mass is 10.2. The van der Waals surface area contributed by atoms with Crippen molar-refractivity contribution >= 4 is 35.2 Å². The molecule has 0 aliphatic heterocycles. The van der Waals surface area contributed by atoms with Crippen LogP contribution in [0.25, 0.3) is 6.08 Å². The van der Waals surface area contributed by atoms with Crippen molar-refractivity contribution in [3.63, 3.8) is 0 Å². The van der Waals surface area contributed by atoms with Crippen LogP contribution in [-0.2, 0) is 14.3 Å². The molecule has 0 aliphatic rings. The van der Waals surface area contributed by atoms with Gasteiger partial charge in [-0.1, -0.05) is 23.7 Å². The average molecular weight is 378 g/mol. The second-order valence-electron chi connectivity index (χ2n) is 5.12.